The second-order valence-electron chi connectivity index (χ2n) is 9.38. The van der Waals surface area contributed by atoms with Crippen molar-refractivity contribution in [1.29, 1.82) is 0 Å². The van der Waals surface area contributed by atoms with Gasteiger partial charge in [-0.25, -0.2) is 0 Å². The van der Waals surface area contributed by atoms with Crippen molar-refractivity contribution in [3.8, 4) is 0 Å². The van der Waals surface area contributed by atoms with Gasteiger partial charge in [0.15, 0.2) is 5.43 Å². The molecule has 1 amide bonds. The van der Waals surface area contributed by atoms with Crippen LogP contribution in [0.25, 0.3) is 11.0 Å². The van der Waals surface area contributed by atoms with E-state index in [1.165, 1.54) is 5.56 Å². The van der Waals surface area contributed by atoms with Crippen LogP contribution in [-0.4, -0.2) is 15.8 Å². The van der Waals surface area contributed by atoms with Crippen LogP contribution in [0.4, 0.5) is 0 Å². The molecule has 1 unspecified atom stereocenters. The van der Waals surface area contributed by atoms with Crippen LogP contribution in [0.1, 0.15) is 59.6 Å². The largest absolute Gasteiger partial charge is 0.450 e. The van der Waals surface area contributed by atoms with Crippen molar-refractivity contribution >= 4 is 32.8 Å². The van der Waals surface area contributed by atoms with Crippen molar-refractivity contribution < 1.29 is 9.21 Å². The van der Waals surface area contributed by atoms with E-state index in [0.717, 1.165) is 15.6 Å². The van der Waals surface area contributed by atoms with Gasteiger partial charge in [0.1, 0.15) is 5.58 Å². The second kappa shape index (κ2) is 7.96. The monoisotopic (exact) mass is 502 g/mol. The number of aromatic nitrogens is 1. The Morgan fingerprint density at radius 1 is 1.06 bits per heavy atom. The van der Waals surface area contributed by atoms with Crippen molar-refractivity contribution in [2.24, 2.45) is 0 Å². The molecule has 0 radical (unpaired) electrons. The Hall–Kier alpha value is -3.25. The number of benzene rings is 2. The van der Waals surface area contributed by atoms with E-state index < -0.39 is 6.04 Å². The van der Waals surface area contributed by atoms with Crippen molar-refractivity contribution in [1.82, 2.24) is 9.88 Å². The number of amides is 1. The molecule has 1 aliphatic rings. The Morgan fingerprint density at radius 2 is 1.82 bits per heavy atom. The number of halogens is 1. The lowest BCUT2D eigenvalue weighted by molar-refractivity contribution is 0.0714. The van der Waals surface area contributed by atoms with Crippen LogP contribution in [0.15, 0.2) is 80.7 Å². The Kier molecular flexibility index (Phi) is 5.20. The van der Waals surface area contributed by atoms with E-state index in [1.807, 2.05) is 24.3 Å². The predicted molar refractivity (Wildman–Crippen MR) is 131 cm³/mol. The van der Waals surface area contributed by atoms with Gasteiger partial charge in [-0.15, -0.1) is 0 Å². The quantitative estimate of drug-likeness (QED) is 0.345. The molecule has 5 nitrogen and oxygen atoms in total. The highest BCUT2D eigenvalue weighted by atomic mass is 79.9. The van der Waals surface area contributed by atoms with Gasteiger partial charge in [-0.1, -0.05) is 67.0 Å². The van der Waals surface area contributed by atoms with Gasteiger partial charge in [0.25, 0.3) is 5.91 Å². The van der Waals surface area contributed by atoms with Crippen molar-refractivity contribution in [2.45, 2.75) is 38.8 Å². The van der Waals surface area contributed by atoms with Gasteiger partial charge < -0.3 is 9.32 Å². The fraction of sp³-hybridized carbons (Fsp3) is 0.222. The summed E-state index contributed by atoms with van der Waals surface area (Å²) in [6, 6.07) is 16.6. The summed E-state index contributed by atoms with van der Waals surface area (Å²) < 4.78 is 6.80. The average molecular weight is 503 g/mol. The van der Waals surface area contributed by atoms with Crippen molar-refractivity contribution in [3.63, 3.8) is 0 Å². The van der Waals surface area contributed by atoms with E-state index >= 15 is 0 Å². The predicted octanol–water partition coefficient (Wildman–Crippen LogP) is 5.99. The first-order valence-electron chi connectivity index (χ1n) is 10.8. The van der Waals surface area contributed by atoms with E-state index in [0.29, 0.717) is 23.1 Å². The summed E-state index contributed by atoms with van der Waals surface area (Å²) >= 11 is 3.44. The number of fused-ring (bicyclic) bond motifs is 2. The lowest BCUT2D eigenvalue weighted by Gasteiger charge is -2.26. The zero-order valence-corrected chi connectivity index (χ0v) is 20.2. The first-order valence-corrected chi connectivity index (χ1v) is 11.6. The SMILES string of the molecule is CC(C)(C)c1ccc(C2c3c(oc4ccc(Br)cc4c3=O)C(=O)N2Cc2cccnc2)cc1. The number of pyridine rings is 1. The summed E-state index contributed by atoms with van der Waals surface area (Å²) in [6.45, 7) is 6.79. The maximum absolute atomic E-state index is 13.7. The highest BCUT2D eigenvalue weighted by Crippen LogP contribution is 2.40. The van der Waals surface area contributed by atoms with Crippen LogP contribution in [-0.2, 0) is 12.0 Å². The molecule has 3 heterocycles. The van der Waals surface area contributed by atoms with E-state index in [-0.39, 0.29) is 22.5 Å². The van der Waals surface area contributed by atoms with Crippen LogP contribution in [0.2, 0.25) is 0 Å². The fourth-order valence-electron chi connectivity index (χ4n) is 4.36. The summed E-state index contributed by atoms with van der Waals surface area (Å²) in [5.41, 5.74) is 3.55. The molecule has 0 saturated carbocycles. The van der Waals surface area contributed by atoms with E-state index in [9.17, 15) is 9.59 Å². The van der Waals surface area contributed by atoms with Gasteiger partial charge in [0, 0.05) is 23.4 Å². The lowest BCUT2D eigenvalue weighted by Crippen LogP contribution is -2.29. The highest BCUT2D eigenvalue weighted by molar-refractivity contribution is 9.10. The molecule has 0 fully saturated rings. The summed E-state index contributed by atoms with van der Waals surface area (Å²) in [5, 5.41) is 0.454. The van der Waals surface area contributed by atoms with Crippen LogP contribution in [0.5, 0.6) is 0 Å². The first kappa shape index (κ1) is 21.6. The van der Waals surface area contributed by atoms with Crippen LogP contribution < -0.4 is 5.43 Å². The molecule has 2 aromatic carbocycles. The third kappa shape index (κ3) is 3.78. The number of carbonyl (C=O) groups is 1. The molecular weight excluding hydrogens is 480 g/mol. The van der Waals surface area contributed by atoms with E-state index in [4.69, 9.17) is 4.42 Å². The fourth-order valence-corrected chi connectivity index (χ4v) is 4.72. The molecular formula is C27H23BrN2O3. The Labute approximate surface area is 200 Å². The molecule has 0 bridgehead atoms. The maximum atomic E-state index is 13.7. The summed E-state index contributed by atoms with van der Waals surface area (Å²) in [6.07, 6.45) is 3.43. The van der Waals surface area contributed by atoms with Gasteiger partial charge in [-0.05, 0) is 46.4 Å². The molecule has 0 saturated heterocycles. The van der Waals surface area contributed by atoms with E-state index in [2.05, 4.69) is 53.8 Å². The molecule has 1 aliphatic heterocycles. The Bertz CT molecular complexity index is 1420. The second-order valence-corrected chi connectivity index (χ2v) is 10.3. The Balaban J connectivity index is 1.71. The molecule has 33 heavy (non-hydrogen) atoms. The van der Waals surface area contributed by atoms with Crippen molar-refractivity contribution in [2.75, 3.05) is 0 Å². The van der Waals surface area contributed by atoms with Gasteiger partial charge in [-0.2, -0.15) is 0 Å². The molecule has 0 aliphatic carbocycles. The number of rotatable bonds is 3. The average Bonchev–Trinajstić information content (AvgIpc) is 3.06. The van der Waals surface area contributed by atoms with E-state index in [1.54, 1.807) is 35.5 Å². The molecule has 0 spiro atoms. The molecule has 166 valence electrons. The number of carbonyl (C=O) groups excluding carboxylic acids is 1. The third-order valence-corrected chi connectivity index (χ3v) is 6.59. The van der Waals surface area contributed by atoms with Crippen LogP contribution >= 0.6 is 15.9 Å². The summed E-state index contributed by atoms with van der Waals surface area (Å²) in [5.74, 6) is -0.177. The normalized spacial score (nSPS) is 15.8. The van der Waals surface area contributed by atoms with Crippen molar-refractivity contribution in [3.05, 3.63) is 110 Å². The van der Waals surface area contributed by atoms with Crippen LogP contribution in [0.3, 0.4) is 0 Å². The van der Waals surface area contributed by atoms with Gasteiger partial charge >= 0.3 is 0 Å². The summed E-state index contributed by atoms with van der Waals surface area (Å²) in [7, 11) is 0. The minimum absolute atomic E-state index is 0.00116. The lowest BCUT2D eigenvalue weighted by atomic mass is 9.86. The van der Waals surface area contributed by atoms with Crippen LogP contribution in [0, 0.1) is 0 Å². The smallest absolute Gasteiger partial charge is 0.291 e. The molecule has 4 aromatic rings. The molecule has 2 aromatic heterocycles. The minimum atomic E-state index is -0.540. The Morgan fingerprint density at radius 3 is 2.48 bits per heavy atom. The first-order chi connectivity index (χ1) is 15.7. The third-order valence-electron chi connectivity index (χ3n) is 6.10. The van der Waals surface area contributed by atoms with Gasteiger partial charge in [0.05, 0.1) is 17.0 Å². The molecule has 0 N–H and O–H groups in total. The standard InChI is InChI=1S/C27H23BrN2O3/c1-27(2,3)18-8-6-17(7-9-18)23-22-24(31)20-13-19(28)10-11-21(20)33-25(22)26(32)30(23)15-16-5-4-12-29-14-16/h4-14,23H,15H2,1-3H3. The van der Waals surface area contributed by atoms with Gasteiger partial charge in [-0.3, -0.25) is 14.6 Å². The number of hydrogen-bond donors (Lipinski definition) is 0. The zero-order chi connectivity index (χ0) is 23.3. The number of nitrogens with zero attached hydrogens (tertiary/aromatic N) is 2. The minimum Gasteiger partial charge on any atom is -0.450 e. The number of hydrogen-bond acceptors (Lipinski definition) is 4. The molecule has 1 atom stereocenters. The van der Waals surface area contributed by atoms with Gasteiger partial charge in [0.2, 0.25) is 5.76 Å². The topological polar surface area (TPSA) is 63.4 Å². The summed E-state index contributed by atoms with van der Waals surface area (Å²) in [4.78, 5) is 33.1. The maximum Gasteiger partial charge on any atom is 0.291 e. The molecule has 6 heteroatoms. The zero-order valence-electron chi connectivity index (χ0n) is 18.6. The highest BCUT2D eigenvalue weighted by Gasteiger charge is 2.42. The molecule has 5 rings (SSSR count).